The zero-order valence-electron chi connectivity index (χ0n) is 11.1. The standard InChI is InChI=1S/C15H11FN2O3/c1-21-14(19)9-5-7-10(8-6-9)18-13-11(16)3-2-4-12(13)17-15(18)20/h2-8H,1H3,(H,17,20). The van der Waals surface area contributed by atoms with Gasteiger partial charge in [0.1, 0.15) is 11.3 Å². The Kier molecular flexibility index (Phi) is 3.06. The van der Waals surface area contributed by atoms with E-state index in [0.29, 0.717) is 16.8 Å². The van der Waals surface area contributed by atoms with E-state index in [2.05, 4.69) is 9.72 Å². The largest absolute Gasteiger partial charge is 0.465 e. The minimum atomic E-state index is -0.497. The molecule has 0 aliphatic heterocycles. The van der Waals surface area contributed by atoms with Crippen molar-refractivity contribution in [1.82, 2.24) is 9.55 Å². The summed E-state index contributed by atoms with van der Waals surface area (Å²) in [5, 5.41) is 0. The van der Waals surface area contributed by atoms with Gasteiger partial charge in [-0.3, -0.25) is 4.57 Å². The number of benzene rings is 2. The summed E-state index contributed by atoms with van der Waals surface area (Å²) >= 11 is 0. The molecule has 0 aliphatic carbocycles. The van der Waals surface area contributed by atoms with Crippen LogP contribution in [0.1, 0.15) is 10.4 Å². The molecular weight excluding hydrogens is 275 g/mol. The number of ether oxygens (including phenoxy) is 1. The first-order chi connectivity index (χ1) is 10.1. The van der Waals surface area contributed by atoms with Gasteiger partial charge in [0.15, 0.2) is 0 Å². The van der Waals surface area contributed by atoms with Crippen molar-refractivity contribution >= 4 is 17.0 Å². The van der Waals surface area contributed by atoms with Crippen LogP contribution in [0.4, 0.5) is 4.39 Å². The maximum absolute atomic E-state index is 14.0. The Morgan fingerprint density at radius 1 is 1.19 bits per heavy atom. The van der Waals surface area contributed by atoms with Gasteiger partial charge in [0.25, 0.3) is 0 Å². The third-order valence-corrected chi connectivity index (χ3v) is 3.20. The number of carbonyl (C=O) groups is 1. The second kappa shape index (κ2) is 4.90. The second-order valence-corrected chi connectivity index (χ2v) is 4.44. The fourth-order valence-electron chi connectivity index (χ4n) is 2.23. The Morgan fingerprint density at radius 2 is 1.90 bits per heavy atom. The molecule has 0 bridgehead atoms. The van der Waals surface area contributed by atoms with Crippen molar-refractivity contribution in [3.63, 3.8) is 0 Å². The predicted molar refractivity (Wildman–Crippen MR) is 75.2 cm³/mol. The van der Waals surface area contributed by atoms with Gasteiger partial charge in [0.05, 0.1) is 23.9 Å². The molecule has 2 aromatic carbocycles. The minimum Gasteiger partial charge on any atom is -0.465 e. The molecule has 6 heteroatoms. The Bertz CT molecular complexity index is 878. The van der Waals surface area contributed by atoms with E-state index in [4.69, 9.17) is 0 Å². The van der Waals surface area contributed by atoms with Crippen LogP contribution < -0.4 is 5.69 Å². The van der Waals surface area contributed by atoms with Crippen molar-refractivity contribution in [1.29, 1.82) is 0 Å². The number of methoxy groups -OCH3 is 1. The Balaban J connectivity index is 2.19. The van der Waals surface area contributed by atoms with Crippen LogP contribution in [-0.2, 0) is 4.74 Å². The van der Waals surface area contributed by atoms with E-state index in [1.807, 2.05) is 0 Å². The molecule has 21 heavy (non-hydrogen) atoms. The highest BCUT2D eigenvalue weighted by atomic mass is 19.1. The van der Waals surface area contributed by atoms with Crippen molar-refractivity contribution in [2.75, 3.05) is 7.11 Å². The van der Waals surface area contributed by atoms with E-state index in [1.54, 1.807) is 18.2 Å². The molecule has 0 amide bonds. The lowest BCUT2D eigenvalue weighted by molar-refractivity contribution is 0.0601. The molecule has 5 nitrogen and oxygen atoms in total. The highest BCUT2D eigenvalue weighted by molar-refractivity contribution is 5.89. The molecule has 0 saturated carbocycles. The number of aromatic amines is 1. The number of H-pyrrole nitrogens is 1. The van der Waals surface area contributed by atoms with Crippen molar-refractivity contribution in [3.8, 4) is 5.69 Å². The zero-order chi connectivity index (χ0) is 15.0. The lowest BCUT2D eigenvalue weighted by Crippen LogP contribution is -2.15. The van der Waals surface area contributed by atoms with Crippen LogP contribution in [0.2, 0.25) is 0 Å². The molecule has 1 N–H and O–H groups in total. The van der Waals surface area contributed by atoms with Gasteiger partial charge in [0.2, 0.25) is 0 Å². The van der Waals surface area contributed by atoms with E-state index < -0.39 is 17.5 Å². The summed E-state index contributed by atoms with van der Waals surface area (Å²) in [6.45, 7) is 0. The molecule has 0 aliphatic rings. The molecule has 0 spiro atoms. The Hall–Kier alpha value is -2.89. The summed E-state index contributed by atoms with van der Waals surface area (Å²) in [6, 6.07) is 10.6. The first-order valence-corrected chi connectivity index (χ1v) is 6.20. The highest BCUT2D eigenvalue weighted by Crippen LogP contribution is 2.19. The number of imidazole rings is 1. The summed E-state index contributed by atoms with van der Waals surface area (Å²) in [7, 11) is 1.29. The van der Waals surface area contributed by atoms with Crippen LogP contribution in [0.25, 0.3) is 16.7 Å². The summed E-state index contributed by atoms with van der Waals surface area (Å²) < 4.78 is 19.8. The number of para-hydroxylation sites is 1. The number of hydrogen-bond acceptors (Lipinski definition) is 3. The van der Waals surface area contributed by atoms with Crippen molar-refractivity contribution in [2.45, 2.75) is 0 Å². The highest BCUT2D eigenvalue weighted by Gasteiger charge is 2.13. The topological polar surface area (TPSA) is 64.1 Å². The maximum Gasteiger partial charge on any atom is 0.337 e. The smallest absolute Gasteiger partial charge is 0.337 e. The maximum atomic E-state index is 14.0. The predicted octanol–water partition coefficient (Wildman–Crippen LogP) is 2.24. The number of hydrogen-bond donors (Lipinski definition) is 1. The average Bonchev–Trinajstić information content (AvgIpc) is 2.84. The fraction of sp³-hybridized carbons (Fsp3) is 0.0667. The van der Waals surface area contributed by atoms with E-state index in [9.17, 15) is 14.0 Å². The van der Waals surface area contributed by atoms with Gasteiger partial charge in [-0.2, -0.15) is 0 Å². The van der Waals surface area contributed by atoms with Gasteiger partial charge in [0, 0.05) is 0 Å². The van der Waals surface area contributed by atoms with Gasteiger partial charge < -0.3 is 9.72 Å². The Labute approximate surface area is 118 Å². The number of rotatable bonds is 2. The minimum absolute atomic E-state index is 0.174. The summed E-state index contributed by atoms with van der Waals surface area (Å²) in [6.07, 6.45) is 0. The first-order valence-electron chi connectivity index (χ1n) is 6.20. The molecule has 3 aromatic rings. The molecular formula is C15H11FN2O3. The molecule has 0 unspecified atom stereocenters. The van der Waals surface area contributed by atoms with Crippen LogP contribution >= 0.6 is 0 Å². The number of nitrogens with zero attached hydrogens (tertiary/aromatic N) is 1. The van der Waals surface area contributed by atoms with E-state index in [1.165, 1.54) is 35.9 Å². The van der Waals surface area contributed by atoms with Gasteiger partial charge in [-0.25, -0.2) is 14.0 Å². The SMILES string of the molecule is COC(=O)c1ccc(-n2c(=O)[nH]c3cccc(F)c32)cc1. The quantitative estimate of drug-likeness (QED) is 0.735. The van der Waals surface area contributed by atoms with Crippen LogP contribution in [0, 0.1) is 5.82 Å². The lowest BCUT2D eigenvalue weighted by atomic mass is 10.2. The average molecular weight is 286 g/mol. The number of halogens is 1. The third kappa shape index (κ3) is 2.10. The summed E-state index contributed by atoms with van der Waals surface area (Å²) in [5.74, 6) is -0.970. The normalized spacial score (nSPS) is 10.8. The van der Waals surface area contributed by atoms with Crippen LogP contribution in [0.3, 0.4) is 0 Å². The van der Waals surface area contributed by atoms with Crippen LogP contribution in [-0.4, -0.2) is 22.6 Å². The van der Waals surface area contributed by atoms with Crippen LogP contribution in [0.15, 0.2) is 47.3 Å². The van der Waals surface area contributed by atoms with Crippen molar-refractivity contribution in [3.05, 3.63) is 64.3 Å². The van der Waals surface area contributed by atoms with Gasteiger partial charge in [-0.05, 0) is 36.4 Å². The van der Waals surface area contributed by atoms with E-state index >= 15 is 0 Å². The molecule has 1 heterocycles. The monoisotopic (exact) mass is 286 g/mol. The molecule has 0 radical (unpaired) electrons. The van der Waals surface area contributed by atoms with E-state index in [0.717, 1.165) is 0 Å². The van der Waals surface area contributed by atoms with Gasteiger partial charge in [-0.15, -0.1) is 0 Å². The summed E-state index contributed by atoms with van der Waals surface area (Å²) in [4.78, 5) is 26.0. The molecule has 0 saturated heterocycles. The molecule has 106 valence electrons. The lowest BCUT2D eigenvalue weighted by Gasteiger charge is -2.05. The van der Waals surface area contributed by atoms with Gasteiger partial charge in [-0.1, -0.05) is 6.07 Å². The number of esters is 1. The molecule has 0 atom stereocenters. The number of fused-ring (bicyclic) bond motifs is 1. The van der Waals surface area contributed by atoms with Crippen molar-refractivity contribution < 1.29 is 13.9 Å². The zero-order valence-corrected chi connectivity index (χ0v) is 11.1. The number of carbonyl (C=O) groups excluding carboxylic acids is 1. The van der Waals surface area contributed by atoms with E-state index in [-0.39, 0.29) is 5.52 Å². The molecule has 1 aromatic heterocycles. The third-order valence-electron chi connectivity index (χ3n) is 3.20. The Morgan fingerprint density at radius 3 is 2.57 bits per heavy atom. The van der Waals surface area contributed by atoms with Crippen molar-refractivity contribution in [2.24, 2.45) is 0 Å². The number of aromatic nitrogens is 2. The first kappa shape index (κ1) is 13.1. The second-order valence-electron chi connectivity index (χ2n) is 4.44. The molecule has 3 rings (SSSR count). The fourth-order valence-corrected chi connectivity index (χ4v) is 2.23. The molecule has 0 fully saturated rings. The van der Waals surface area contributed by atoms with Gasteiger partial charge >= 0.3 is 11.7 Å². The van der Waals surface area contributed by atoms with Crippen LogP contribution in [0.5, 0.6) is 0 Å². The number of nitrogens with one attached hydrogen (secondary N) is 1. The summed E-state index contributed by atoms with van der Waals surface area (Å²) in [5.41, 5.74) is 0.963.